The molecule has 0 atom stereocenters. The van der Waals surface area contributed by atoms with Crippen LogP contribution in [0.15, 0.2) is 18.2 Å². The molecule has 0 spiro atoms. The third-order valence-electron chi connectivity index (χ3n) is 2.07. The number of hydrogen-bond donors (Lipinski definition) is 0. The normalized spacial score (nSPS) is 11.1. The van der Waals surface area contributed by atoms with Gasteiger partial charge in [-0.25, -0.2) is 0 Å². The zero-order chi connectivity index (χ0) is 13.1. The topological polar surface area (TPSA) is 35.5 Å². The number of Topliss-reactive ketones (excluding diaryl/α,β-unsaturated/α-hetero) is 1. The Hall–Kier alpha value is -1.72. The summed E-state index contributed by atoms with van der Waals surface area (Å²) >= 11 is 0. The first-order valence-electron chi connectivity index (χ1n) is 4.69. The number of methoxy groups -OCH3 is 2. The third kappa shape index (κ3) is 3.65. The standard InChI is InChI=1S/C11H11F3O3/c1-16-9-4-3-7(5-10(9)17-2)8(15)6-11(12,13)14/h3-5H,6H2,1-2H3. The molecule has 0 amide bonds. The van der Waals surface area contributed by atoms with E-state index in [1.54, 1.807) is 0 Å². The Labute approximate surface area is 96.1 Å². The summed E-state index contributed by atoms with van der Waals surface area (Å²) in [5, 5.41) is 0. The first-order valence-corrected chi connectivity index (χ1v) is 4.69. The lowest BCUT2D eigenvalue weighted by atomic mass is 10.1. The highest BCUT2D eigenvalue weighted by molar-refractivity contribution is 5.97. The van der Waals surface area contributed by atoms with E-state index in [2.05, 4.69) is 0 Å². The zero-order valence-corrected chi connectivity index (χ0v) is 9.30. The summed E-state index contributed by atoms with van der Waals surface area (Å²) in [5.74, 6) is -0.421. The van der Waals surface area contributed by atoms with Crippen LogP contribution in [0, 0.1) is 0 Å². The first kappa shape index (κ1) is 13.3. The van der Waals surface area contributed by atoms with E-state index >= 15 is 0 Å². The molecule has 1 rings (SSSR count). The van der Waals surface area contributed by atoms with Crippen molar-refractivity contribution in [3.05, 3.63) is 23.8 Å². The van der Waals surface area contributed by atoms with Crippen molar-refractivity contribution in [3.8, 4) is 11.5 Å². The molecular formula is C11H11F3O3. The summed E-state index contributed by atoms with van der Waals surface area (Å²) in [6, 6.07) is 3.89. The van der Waals surface area contributed by atoms with E-state index in [-0.39, 0.29) is 11.3 Å². The molecule has 0 aliphatic carbocycles. The van der Waals surface area contributed by atoms with Crippen LogP contribution in [-0.4, -0.2) is 26.2 Å². The summed E-state index contributed by atoms with van der Waals surface area (Å²) in [6.45, 7) is 0. The molecule has 0 saturated carbocycles. The number of hydrogen-bond acceptors (Lipinski definition) is 3. The Morgan fingerprint density at radius 3 is 2.24 bits per heavy atom. The highest BCUT2D eigenvalue weighted by Crippen LogP contribution is 2.29. The van der Waals surface area contributed by atoms with Gasteiger partial charge in [-0.1, -0.05) is 0 Å². The second-order valence-electron chi connectivity index (χ2n) is 3.28. The van der Waals surface area contributed by atoms with Gasteiger partial charge in [0.15, 0.2) is 17.3 Å². The highest BCUT2D eigenvalue weighted by Gasteiger charge is 2.31. The van der Waals surface area contributed by atoms with E-state index in [0.717, 1.165) is 0 Å². The van der Waals surface area contributed by atoms with Crippen LogP contribution in [0.3, 0.4) is 0 Å². The van der Waals surface area contributed by atoms with Gasteiger partial charge in [-0.3, -0.25) is 4.79 Å². The molecule has 0 saturated heterocycles. The van der Waals surface area contributed by atoms with Crippen molar-refractivity contribution in [2.24, 2.45) is 0 Å². The molecule has 0 aliphatic heterocycles. The third-order valence-corrected chi connectivity index (χ3v) is 2.07. The Kier molecular flexibility index (Phi) is 3.98. The van der Waals surface area contributed by atoms with Crippen LogP contribution in [0.5, 0.6) is 11.5 Å². The van der Waals surface area contributed by atoms with E-state index in [9.17, 15) is 18.0 Å². The number of benzene rings is 1. The smallest absolute Gasteiger partial charge is 0.396 e. The summed E-state index contributed by atoms with van der Waals surface area (Å²) in [5.41, 5.74) is -0.0556. The highest BCUT2D eigenvalue weighted by atomic mass is 19.4. The maximum Gasteiger partial charge on any atom is 0.396 e. The maximum atomic E-state index is 12.0. The average molecular weight is 248 g/mol. The predicted octanol–water partition coefficient (Wildman–Crippen LogP) is 2.84. The lowest BCUT2D eigenvalue weighted by molar-refractivity contribution is -0.125. The SMILES string of the molecule is COc1ccc(C(=O)CC(F)(F)F)cc1OC. The van der Waals surface area contributed by atoms with Crippen molar-refractivity contribution in [2.75, 3.05) is 14.2 Å². The number of carbonyl (C=O) groups excluding carboxylic acids is 1. The molecule has 6 heteroatoms. The Morgan fingerprint density at radius 1 is 1.18 bits per heavy atom. The van der Waals surface area contributed by atoms with Gasteiger partial charge in [0.25, 0.3) is 0 Å². The molecule has 0 fully saturated rings. The average Bonchev–Trinajstić information content (AvgIpc) is 2.25. The molecule has 0 N–H and O–H groups in total. The summed E-state index contributed by atoms with van der Waals surface area (Å²) in [6.07, 6.45) is -5.99. The van der Waals surface area contributed by atoms with Crippen molar-refractivity contribution in [1.82, 2.24) is 0 Å². The molecule has 0 radical (unpaired) electrons. The van der Waals surface area contributed by atoms with Crippen LogP contribution in [0.1, 0.15) is 16.8 Å². The van der Waals surface area contributed by atoms with Gasteiger partial charge >= 0.3 is 6.18 Å². The van der Waals surface area contributed by atoms with Crippen molar-refractivity contribution in [1.29, 1.82) is 0 Å². The lowest BCUT2D eigenvalue weighted by Crippen LogP contribution is -2.15. The monoisotopic (exact) mass is 248 g/mol. The van der Waals surface area contributed by atoms with Crippen LogP contribution >= 0.6 is 0 Å². The molecule has 1 aromatic rings. The van der Waals surface area contributed by atoms with Crippen molar-refractivity contribution in [2.45, 2.75) is 12.6 Å². The minimum Gasteiger partial charge on any atom is -0.493 e. The molecule has 0 aromatic heterocycles. The van der Waals surface area contributed by atoms with Crippen LogP contribution in [0.25, 0.3) is 0 Å². The predicted molar refractivity (Wildman–Crippen MR) is 54.5 cm³/mol. The molecular weight excluding hydrogens is 237 g/mol. The van der Waals surface area contributed by atoms with E-state index in [1.165, 1.54) is 32.4 Å². The van der Waals surface area contributed by atoms with Gasteiger partial charge in [-0.15, -0.1) is 0 Å². The van der Waals surface area contributed by atoms with E-state index in [0.29, 0.717) is 5.75 Å². The lowest BCUT2D eigenvalue weighted by Gasteiger charge is -2.10. The summed E-state index contributed by atoms with van der Waals surface area (Å²) < 4.78 is 45.9. The van der Waals surface area contributed by atoms with Crippen molar-refractivity contribution >= 4 is 5.78 Å². The number of ether oxygens (including phenoxy) is 2. The first-order chi connectivity index (χ1) is 7.87. The number of rotatable bonds is 4. The fourth-order valence-electron chi connectivity index (χ4n) is 1.29. The molecule has 3 nitrogen and oxygen atoms in total. The molecule has 0 unspecified atom stereocenters. The van der Waals surface area contributed by atoms with E-state index < -0.39 is 18.4 Å². The number of ketones is 1. The second-order valence-corrected chi connectivity index (χ2v) is 3.28. The zero-order valence-electron chi connectivity index (χ0n) is 9.30. The van der Waals surface area contributed by atoms with Gasteiger partial charge in [-0.05, 0) is 18.2 Å². The Balaban J connectivity index is 2.96. The molecule has 94 valence electrons. The fraction of sp³-hybridized carbons (Fsp3) is 0.364. The van der Waals surface area contributed by atoms with Crippen molar-refractivity contribution < 1.29 is 27.4 Å². The van der Waals surface area contributed by atoms with E-state index in [4.69, 9.17) is 9.47 Å². The van der Waals surface area contributed by atoms with Gasteiger partial charge in [0.1, 0.15) is 6.42 Å². The number of carbonyl (C=O) groups is 1. The van der Waals surface area contributed by atoms with Gasteiger partial charge in [0.2, 0.25) is 0 Å². The maximum absolute atomic E-state index is 12.0. The summed E-state index contributed by atoms with van der Waals surface area (Å²) in [4.78, 5) is 11.3. The number of halogens is 3. The van der Waals surface area contributed by atoms with Gasteiger partial charge in [-0.2, -0.15) is 13.2 Å². The largest absolute Gasteiger partial charge is 0.493 e. The molecule has 0 heterocycles. The van der Waals surface area contributed by atoms with Crippen LogP contribution in [0.2, 0.25) is 0 Å². The molecule has 1 aromatic carbocycles. The minimum absolute atomic E-state index is 0.0556. The van der Waals surface area contributed by atoms with Crippen LogP contribution in [-0.2, 0) is 0 Å². The molecule has 0 aliphatic rings. The minimum atomic E-state index is -4.51. The van der Waals surface area contributed by atoms with Crippen molar-refractivity contribution in [3.63, 3.8) is 0 Å². The molecule has 17 heavy (non-hydrogen) atoms. The van der Waals surface area contributed by atoms with Crippen LogP contribution in [0.4, 0.5) is 13.2 Å². The van der Waals surface area contributed by atoms with Crippen LogP contribution < -0.4 is 9.47 Å². The second kappa shape index (κ2) is 5.07. The molecule has 0 bridgehead atoms. The Morgan fingerprint density at radius 2 is 1.76 bits per heavy atom. The van der Waals surface area contributed by atoms with Gasteiger partial charge < -0.3 is 9.47 Å². The van der Waals surface area contributed by atoms with Gasteiger partial charge in [0, 0.05) is 5.56 Å². The quantitative estimate of drug-likeness (QED) is 0.768. The number of alkyl halides is 3. The summed E-state index contributed by atoms with van der Waals surface area (Å²) in [7, 11) is 2.74. The fourth-order valence-corrected chi connectivity index (χ4v) is 1.29. The van der Waals surface area contributed by atoms with Gasteiger partial charge in [0.05, 0.1) is 14.2 Å². The Bertz CT molecular complexity index is 413. The van der Waals surface area contributed by atoms with E-state index in [1.807, 2.05) is 0 Å².